The number of imidazole rings is 1. The summed E-state index contributed by atoms with van der Waals surface area (Å²) in [5.74, 6) is 0.343. The molecule has 34 heavy (non-hydrogen) atoms. The van der Waals surface area contributed by atoms with Crippen molar-refractivity contribution in [1.29, 1.82) is 0 Å². The smallest absolute Gasteiger partial charge is 0.268 e. The second kappa shape index (κ2) is 11.0. The highest BCUT2D eigenvalue weighted by atomic mass is 28.4. The summed E-state index contributed by atoms with van der Waals surface area (Å²) in [6.45, 7) is 12.5. The number of hydrogen-bond donors (Lipinski definition) is 1. The first-order chi connectivity index (χ1) is 16.0. The molecule has 1 heterocycles. The molecule has 0 aliphatic heterocycles. The van der Waals surface area contributed by atoms with E-state index in [-0.39, 0.29) is 16.8 Å². The molecule has 1 unspecified atom stereocenters. The van der Waals surface area contributed by atoms with E-state index in [0.29, 0.717) is 13.2 Å². The number of carbonyl (C=O) groups is 1. The van der Waals surface area contributed by atoms with Gasteiger partial charge in [-0.25, -0.2) is 4.98 Å². The zero-order valence-electron chi connectivity index (χ0n) is 21.0. The standard InChI is InChI=1S/C27H37N3O3Si/c1-27(2,3)34(4,5)33-24(18-30-19-25(26(28)31)29-20-30)15-10-16-32-23-14-9-13-22(17-23)21-11-7-6-8-12-21/h6-9,11-14,17,19-20,24H,10,15-16,18H2,1-5H3,(H2,28,31). The van der Waals surface area contributed by atoms with Crippen LogP contribution in [0.3, 0.4) is 0 Å². The molecule has 3 rings (SSSR count). The van der Waals surface area contributed by atoms with Gasteiger partial charge < -0.3 is 19.5 Å². The van der Waals surface area contributed by atoms with E-state index in [0.717, 1.165) is 24.2 Å². The number of nitrogens with two attached hydrogens (primary N) is 1. The molecule has 0 bridgehead atoms. The molecule has 1 aromatic heterocycles. The van der Waals surface area contributed by atoms with Crippen molar-refractivity contribution in [3.05, 3.63) is 72.8 Å². The summed E-state index contributed by atoms with van der Waals surface area (Å²) >= 11 is 0. The molecule has 6 nitrogen and oxygen atoms in total. The first kappa shape index (κ1) is 25.7. The van der Waals surface area contributed by atoms with E-state index < -0.39 is 14.2 Å². The third kappa shape index (κ3) is 7.05. The van der Waals surface area contributed by atoms with Gasteiger partial charge in [0.15, 0.2) is 8.32 Å². The Bertz CT molecular complexity index is 1070. The van der Waals surface area contributed by atoms with E-state index >= 15 is 0 Å². The Hall–Kier alpha value is -2.90. The van der Waals surface area contributed by atoms with Crippen LogP contribution in [-0.2, 0) is 11.0 Å². The van der Waals surface area contributed by atoms with Crippen molar-refractivity contribution < 1.29 is 14.0 Å². The molecule has 0 fully saturated rings. The fourth-order valence-electron chi connectivity index (χ4n) is 3.50. The van der Waals surface area contributed by atoms with Gasteiger partial charge in [-0.05, 0) is 54.2 Å². The van der Waals surface area contributed by atoms with Crippen molar-refractivity contribution >= 4 is 14.2 Å². The minimum Gasteiger partial charge on any atom is -0.494 e. The summed E-state index contributed by atoms with van der Waals surface area (Å²) in [4.78, 5) is 15.5. The molecule has 7 heteroatoms. The molecular formula is C27H37N3O3Si. The number of hydrogen-bond acceptors (Lipinski definition) is 4. The summed E-state index contributed by atoms with van der Waals surface area (Å²) in [5, 5.41) is 0.104. The second-order valence-corrected chi connectivity index (χ2v) is 15.0. The van der Waals surface area contributed by atoms with Crippen molar-refractivity contribution in [2.75, 3.05) is 6.61 Å². The van der Waals surface area contributed by atoms with Gasteiger partial charge in [0.05, 0.1) is 19.0 Å². The van der Waals surface area contributed by atoms with Gasteiger partial charge in [0.1, 0.15) is 11.4 Å². The number of rotatable bonds is 11. The van der Waals surface area contributed by atoms with Crippen LogP contribution in [0.1, 0.15) is 44.1 Å². The van der Waals surface area contributed by atoms with Crippen molar-refractivity contribution in [2.24, 2.45) is 5.73 Å². The predicted molar refractivity (Wildman–Crippen MR) is 139 cm³/mol. The number of primary amides is 1. The Balaban J connectivity index is 1.61. The van der Waals surface area contributed by atoms with Crippen LogP contribution in [0.5, 0.6) is 5.75 Å². The maximum atomic E-state index is 11.4. The Kier molecular flexibility index (Phi) is 8.33. The topological polar surface area (TPSA) is 79.4 Å². The summed E-state index contributed by atoms with van der Waals surface area (Å²) in [7, 11) is -1.97. The number of amides is 1. The molecular weight excluding hydrogens is 442 g/mol. The van der Waals surface area contributed by atoms with Crippen LogP contribution in [0, 0.1) is 0 Å². The Morgan fingerprint density at radius 1 is 1.09 bits per heavy atom. The SMILES string of the molecule is CC(C)(C)[Si](C)(C)OC(CCCOc1cccc(-c2ccccc2)c1)Cn1cnc(C(N)=O)c1. The van der Waals surface area contributed by atoms with E-state index in [2.05, 4.69) is 63.1 Å². The minimum atomic E-state index is -1.97. The normalized spacial score (nSPS) is 13.0. The number of ether oxygens (including phenoxy) is 1. The van der Waals surface area contributed by atoms with Gasteiger partial charge in [-0.2, -0.15) is 0 Å². The first-order valence-corrected chi connectivity index (χ1v) is 14.7. The molecule has 0 saturated carbocycles. The highest BCUT2D eigenvalue weighted by molar-refractivity contribution is 6.74. The van der Waals surface area contributed by atoms with Gasteiger partial charge in [0.25, 0.3) is 5.91 Å². The van der Waals surface area contributed by atoms with Crippen molar-refractivity contribution in [3.8, 4) is 16.9 Å². The fraction of sp³-hybridized carbons (Fsp3) is 0.407. The van der Waals surface area contributed by atoms with E-state index in [1.807, 2.05) is 34.9 Å². The molecule has 182 valence electrons. The van der Waals surface area contributed by atoms with E-state index in [1.54, 1.807) is 12.5 Å². The zero-order valence-corrected chi connectivity index (χ0v) is 22.0. The fourth-order valence-corrected chi connectivity index (χ4v) is 4.88. The molecule has 0 aliphatic rings. The van der Waals surface area contributed by atoms with Crippen LogP contribution in [0.2, 0.25) is 18.1 Å². The zero-order chi connectivity index (χ0) is 24.8. The first-order valence-electron chi connectivity index (χ1n) is 11.8. The van der Waals surface area contributed by atoms with Gasteiger partial charge in [-0.1, -0.05) is 63.2 Å². The van der Waals surface area contributed by atoms with E-state index in [9.17, 15) is 4.79 Å². The van der Waals surface area contributed by atoms with Crippen LogP contribution in [0.25, 0.3) is 11.1 Å². The predicted octanol–water partition coefficient (Wildman–Crippen LogP) is 5.90. The third-order valence-electron chi connectivity index (χ3n) is 6.45. The third-order valence-corrected chi connectivity index (χ3v) is 11.0. The maximum absolute atomic E-state index is 11.4. The average Bonchev–Trinajstić information content (AvgIpc) is 3.25. The van der Waals surface area contributed by atoms with E-state index in [1.165, 1.54) is 5.56 Å². The van der Waals surface area contributed by atoms with Gasteiger partial charge in [-0.3, -0.25) is 4.79 Å². The van der Waals surface area contributed by atoms with Gasteiger partial charge in [0, 0.05) is 12.7 Å². The lowest BCUT2D eigenvalue weighted by atomic mass is 10.1. The summed E-state index contributed by atoms with van der Waals surface area (Å²) in [6.07, 6.45) is 5.03. The number of carbonyl (C=O) groups excluding carboxylic acids is 1. The Morgan fingerprint density at radius 3 is 2.44 bits per heavy atom. The van der Waals surface area contributed by atoms with Crippen LogP contribution < -0.4 is 10.5 Å². The van der Waals surface area contributed by atoms with Crippen LogP contribution >= 0.6 is 0 Å². The van der Waals surface area contributed by atoms with Gasteiger partial charge in [0.2, 0.25) is 0 Å². The van der Waals surface area contributed by atoms with Crippen molar-refractivity contribution in [2.45, 2.75) is 64.4 Å². The Morgan fingerprint density at radius 2 is 1.79 bits per heavy atom. The lowest BCUT2D eigenvalue weighted by molar-refractivity contribution is 0.0995. The average molecular weight is 480 g/mol. The van der Waals surface area contributed by atoms with Crippen LogP contribution in [0.15, 0.2) is 67.1 Å². The number of aromatic nitrogens is 2. The molecule has 0 aliphatic carbocycles. The summed E-state index contributed by atoms with van der Waals surface area (Å²) in [5.41, 5.74) is 7.95. The van der Waals surface area contributed by atoms with Crippen LogP contribution in [0.4, 0.5) is 0 Å². The quantitative estimate of drug-likeness (QED) is 0.274. The van der Waals surface area contributed by atoms with Gasteiger partial charge >= 0.3 is 0 Å². The Labute approximate surface area is 204 Å². The largest absolute Gasteiger partial charge is 0.494 e. The van der Waals surface area contributed by atoms with Crippen LogP contribution in [-0.4, -0.2) is 36.5 Å². The van der Waals surface area contributed by atoms with Gasteiger partial charge in [-0.15, -0.1) is 0 Å². The van der Waals surface area contributed by atoms with Crippen molar-refractivity contribution in [1.82, 2.24) is 9.55 Å². The molecule has 1 atom stereocenters. The summed E-state index contributed by atoms with van der Waals surface area (Å²) < 4.78 is 14.7. The molecule has 2 aromatic carbocycles. The highest BCUT2D eigenvalue weighted by Gasteiger charge is 2.39. The molecule has 1 amide bonds. The maximum Gasteiger partial charge on any atom is 0.268 e. The molecule has 0 saturated heterocycles. The molecule has 0 spiro atoms. The summed E-state index contributed by atoms with van der Waals surface area (Å²) in [6, 6.07) is 18.5. The monoisotopic (exact) mass is 479 g/mol. The van der Waals surface area contributed by atoms with Crippen molar-refractivity contribution in [3.63, 3.8) is 0 Å². The molecule has 2 N–H and O–H groups in total. The molecule has 0 radical (unpaired) electrons. The highest BCUT2D eigenvalue weighted by Crippen LogP contribution is 2.38. The van der Waals surface area contributed by atoms with E-state index in [4.69, 9.17) is 14.9 Å². The number of benzene rings is 2. The molecule has 3 aromatic rings. The second-order valence-electron chi connectivity index (χ2n) is 10.2. The number of nitrogens with zero attached hydrogens (tertiary/aromatic N) is 2. The lowest BCUT2D eigenvalue weighted by Crippen LogP contribution is -2.45. The lowest BCUT2D eigenvalue weighted by Gasteiger charge is -2.39. The minimum absolute atomic E-state index is 0.00456.